The van der Waals surface area contributed by atoms with Gasteiger partial charge in [0.2, 0.25) is 0 Å². The predicted molar refractivity (Wildman–Crippen MR) is 62.8 cm³/mol. The minimum atomic E-state index is 0.0428. The molecule has 0 saturated carbocycles. The first-order valence-corrected chi connectivity index (χ1v) is 5.72. The summed E-state index contributed by atoms with van der Waals surface area (Å²) in [5.41, 5.74) is 6.67. The number of nitriles is 1. The summed E-state index contributed by atoms with van der Waals surface area (Å²) in [6.45, 7) is 0.0551. The Kier molecular flexibility index (Phi) is 3.02. The van der Waals surface area contributed by atoms with Crippen molar-refractivity contribution >= 4 is 17.6 Å². The van der Waals surface area contributed by atoms with Crippen molar-refractivity contribution in [2.45, 2.75) is 16.6 Å². The lowest BCUT2D eigenvalue weighted by Crippen LogP contribution is -2.24. The molecule has 0 radical (unpaired) electrons. The fraction of sp³-hybridized carbons (Fsp3) is 0.273. The van der Waals surface area contributed by atoms with Crippen LogP contribution in [0.3, 0.4) is 0 Å². The highest BCUT2D eigenvalue weighted by atomic mass is 32.2. The van der Waals surface area contributed by atoms with Gasteiger partial charge in [0.15, 0.2) is 6.61 Å². The molecule has 0 aliphatic carbocycles. The average molecular weight is 233 g/mol. The fourth-order valence-corrected chi connectivity index (χ4v) is 2.77. The highest BCUT2D eigenvalue weighted by molar-refractivity contribution is 8.01. The van der Waals surface area contributed by atoms with Crippen molar-refractivity contribution in [1.29, 1.82) is 10.7 Å². The van der Waals surface area contributed by atoms with Crippen LogP contribution in [0.4, 0.5) is 0 Å². The molecular weight excluding hydrogens is 222 g/mol. The molecule has 0 bridgehead atoms. The van der Waals surface area contributed by atoms with Gasteiger partial charge in [-0.25, -0.2) is 0 Å². The lowest BCUT2D eigenvalue weighted by molar-refractivity contribution is 0.367. The average Bonchev–Trinajstić information content (AvgIpc) is 2.69. The number of rotatable bonds is 3. The lowest BCUT2D eigenvalue weighted by atomic mass is 10.1. The minimum absolute atomic E-state index is 0.0428. The Morgan fingerprint density at radius 1 is 1.69 bits per heavy atom. The van der Waals surface area contributed by atoms with Gasteiger partial charge in [-0.05, 0) is 24.1 Å². The number of nitrogens with one attached hydrogen (secondary N) is 1. The van der Waals surface area contributed by atoms with Crippen molar-refractivity contribution in [3.63, 3.8) is 0 Å². The highest BCUT2D eigenvalue weighted by Crippen LogP contribution is 2.38. The molecule has 1 atom stereocenters. The van der Waals surface area contributed by atoms with Gasteiger partial charge in [0, 0.05) is 4.90 Å². The van der Waals surface area contributed by atoms with Crippen molar-refractivity contribution in [2.24, 2.45) is 5.73 Å². The molecule has 0 aromatic heterocycles. The second-order valence-electron chi connectivity index (χ2n) is 3.48. The van der Waals surface area contributed by atoms with Crippen molar-refractivity contribution < 1.29 is 4.74 Å². The van der Waals surface area contributed by atoms with E-state index in [1.807, 2.05) is 24.3 Å². The van der Waals surface area contributed by atoms with Gasteiger partial charge in [0.05, 0.1) is 5.25 Å². The van der Waals surface area contributed by atoms with E-state index in [0.29, 0.717) is 5.75 Å². The predicted octanol–water partition coefficient (Wildman–Crippen LogP) is 1.54. The third-order valence-electron chi connectivity index (χ3n) is 2.36. The van der Waals surface area contributed by atoms with Gasteiger partial charge in [-0.15, -0.1) is 11.8 Å². The zero-order valence-corrected chi connectivity index (χ0v) is 9.38. The highest BCUT2D eigenvalue weighted by Gasteiger charge is 2.24. The van der Waals surface area contributed by atoms with Gasteiger partial charge in [-0.3, -0.25) is 5.41 Å². The van der Waals surface area contributed by atoms with Crippen LogP contribution >= 0.6 is 11.8 Å². The molecule has 0 fully saturated rings. The molecule has 1 aromatic carbocycles. The summed E-state index contributed by atoms with van der Waals surface area (Å²) < 4.78 is 5.22. The van der Waals surface area contributed by atoms with E-state index in [-0.39, 0.29) is 17.7 Å². The first kappa shape index (κ1) is 10.8. The summed E-state index contributed by atoms with van der Waals surface area (Å²) in [6, 6.07) is 7.65. The maximum absolute atomic E-state index is 8.41. The largest absolute Gasteiger partial charge is 0.479 e. The first-order valence-electron chi connectivity index (χ1n) is 4.84. The van der Waals surface area contributed by atoms with E-state index in [4.69, 9.17) is 21.1 Å². The van der Waals surface area contributed by atoms with E-state index in [2.05, 4.69) is 0 Å². The number of fused-ring (bicyclic) bond motifs is 1. The van der Waals surface area contributed by atoms with Crippen LogP contribution in [0.25, 0.3) is 0 Å². The van der Waals surface area contributed by atoms with Crippen molar-refractivity contribution in [3.8, 4) is 11.8 Å². The molecule has 0 saturated heterocycles. The van der Waals surface area contributed by atoms with Crippen LogP contribution < -0.4 is 10.5 Å². The number of nitrogens with two attached hydrogens (primary N) is 1. The Morgan fingerprint density at radius 3 is 3.19 bits per heavy atom. The van der Waals surface area contributed by atoms with Crippen LogP contribution in [0.2, 0.25) is 0 Å². The fourth-order valence-electron chi connectivity index (χ4n) is 1.59. The third-order valence-corrected chi connectivity index (χ3v) is 3.70. The Bertz CT molecular complexity index is 467. The number of hydrogen-bond donors (Lipinski definition) is 2. The summed E-state index contributed by atoms with van der Waals surface area (Å²) in [5.74, 6) is 0.901. The normalized spacial score (nSPS) is 17.6. The first-order chi connectivity index (χ1) is 7.70. The van der Waals surface area contributed by atoms with Crippen molar-refractivity contribution in [3.05, 3.63) is 23.8 Å². The molecule has 1 heterocycles. The molecule has 3 N–H and O–H groups in total. The molecule has 5 heteroatoms. The van der Waals surface area contributed by atoms with Gasteiger partial charge in [0.25, 0.3) is 0 Å². The maximum Gasteiger partial charge on any atom is 0.174 e. The molecule has 1 aliphatic rings. The zero-order valence-electron chi connectivity index (χ0n) is 8.56. The molecule has 82 valence electrons. The van der Waals surface area contributed by atoms with E-state index in [1.54, 1.807) is 11.8 Å². The van der Waals surface area contributed by atoms with E-state index >= 15 is 0 Å². The number of nitrogens with zero attached hydrogens (tertiary/aromatic N) is 1. The molecule has 16 heavy (non-hydrogen) atoms. The summed E-state index contributed by atoms with van der Waals surface area (Å²) in [7, 11) is 0. The molecule has 4 nitrogen and oxygen atoms in total. The molecule has 2 rings (SSSR count). The second-order valence-corrected chi connectivity index (χ2v) is 4.73. The maximum atomic E-state index is 8.41. The molecular formula is C11H11N3OS. The minimum Gasteiger partial charge on any atom is -0.479 e. The number of amidine groups is 1. The van der Waals surface area contributed by atoms with Crippen LogP contribution in [0.5, 0.6) is 5.75 Å². The zero-order chi connectivity index (χ0) is 11.5. The molecule has 1 unspecified atom stereocenters. The third kappa shape index (κ3) is 2.12. The van der Waals surface area contributed by atoms with Crippen molar-refractivity contribution in [1.82, 2.24) is 0 Å². The van der Waals surface area contributed by atoms with Crippen LogP contribution in [0.1, 0.15) is 5.56 Å². The summed E-state index contributed by atoms with van der Waals surface area (Å²) in [5, 5.41) is 15.9. The second kappa shape index (κ2) is 4.45. The summed E-state index contributed by atoms with van der Waals surface area (Å²) in [4.78, 5) is 1.09. The lowest BCUT2D eigenvalue weighted by Gasteiger charge is -2.04. The van der Waals surface area contributed by atoms with E-state index in [9.17, 15) is 0 Å². The molecule has 0 spiro atoms. The van der Waals surface area contributed by atoms with Gasteiger partial charge in [0.1, 0.15) is 17.7 Å². The Labute approximate surface area is 97.9 Å². The van der Waals surface area contributed by atoms with Crippen molar-refractivity contribution in [2.75, 3.05) is 6.61 Å². The SMILES string of the molecule is N#CCOc1ccc2c(c1)SC(C(=N)N)C2. The Hall–Kier alpha value is -1.67. The summed E-state index contributed by atoms with van der Waals surface area (Å²) in [6.07, 6.45) is 0.799. The number of ether oxygens (including phenoxy) is 1. The number of hydrogen-bond acceptors (Lipinski definition) is 4. The Balaban J connectivity index is 2.15. The van der Waals surface area contributed by atoms with E-state index in [1.165, 1.54) is 5.56 Å². The monoisotopic (exact) mass is 233 g/mol. The molecule has 0 amide bonds. The van der Waals surface area contributed by atoms with Gasteiger partial charge < -0.3 is 10.5 Å². The molecule has 1 aromatic rings. The topological polar surface area (TPSA) is 82.9 Å². The van der Waals surface area contributed by atoms with Gasteiger partial charge >= 0.3 is 0 Å². The summed E-state index contributed by atoms with van der Waals surface area (Å²) >= 11 is 1.58. The smallest absolute Gasteiger partial charge is 0.174 e. The van der Waals surface area contributed by atoms with Crippen LogP contribution in [-0.2, 0) is 6.42 Å². The molecule has 1 aliphatic heterocycles. The van der Waals surface area contributed by atoms with Crippen LogP contribution in [0.15, 0.2) is 23.1 Å². The van der Waals surface area contributed by atoms with Crippen LogP contribution in [-0.4, -0.2) is 17.7 Å². The van der Waals surface area contributed by atoms with Crippen LogP contribution in [0, 0.1) is 16.7 Å². The van der Waals surface area contributed by atoms with Gasteiger partial charge in [-0.1, -0.05) is 6.07 Å². The number of thioether (sulfide) groups is 1. The van der Waals surface area contributed by atoms with Gasteiger partial charge in [-0.2, -0.15) is 5.26 Å². The Morgan fingerprint density at radius 2 is 2.50 bits per heavy atom. The number of benzene rings is 1. The standard InChI is InChI=1S/C11H11N3OS/c12-3-4-15-8-2-1-7-5-10(11(13)14)16-9(7)6-8/h1-2,6,10H,4-5H2,(H3,13,14). The van der Waals surface area contributed by atoms with E-state index < -0.39 is 0 Å². The van der Waals surface area contributed by atoms with E-state index in [0.717, 1.165) is 11.3 Å². The quantitative estimate of drug-likeness (QED) is 0.612.